The van der Waals surface area contributed by atoms with E-state index in [1.54, 1.807) is 30.3 Å². The second-order valence-corrected chi connectivity index (χ2v) is 12.1. The van der Waals surface area contributed by atoms with Crippen LogP contribution in [0, 0.1) is 0 Å². The molecule has 182 valence electrons. The van der Waals surface area contributed by atoms with E-state index in [0.29, 0.717) is 38.9 Å². The van der Waals surface area contributed by atoms with Crippen LogP contribution in [-0.2, 0) is 10.0 Å². The molecular formula is C24H23ClN4O4S2. The van der Waals surface area contributed by atoms with Crippen LogP contribution in [0.15, 0.2) is 59.7 Å². The SMILES string of the molecule is CN(C)CC1CN(S(C)(=O)=O)c2cc(-n3cnc4cc(-c5ccc(Cl)cc5)sc4c3=O)ccc2O1. The Morgan fingerprint density at radius 1 is 1.17 bits per heavy atom. The summed E-state index contributed by atoms with van der Waals surface area (Å²) in [4.78, 5) is 20.7. The van der Waals surface area contributed by atoms with Gasteiger partial charge in [-0.25, -0.2) is 13.4 Å². The van der Waals surface area contributed by atoms with Gasteiger partial charge in [0.15, 0.2) is 0 Å². The first kappa shape index (κ1) is 23.8. The number of sulfonamides is 1. The number of hydrogen-bond acceptors (Lipinski definition) is 7. The van der Waals surface area contributed by atoms with Gasteiger partial charge in [-0.15, -0.1) is 11.3 Å². The summed E-state index contributed by atoms with van der Waals surface area (Å²) in [5.74, 6) is 0.459. The van der Waals surface area contributed by atoms with E-state index in [2.05, 4.69) is 4.98 Å². The molecule has 0 bridgehead atoms. The average molecular weight is 531 g/mol. The molecule has 1 atom stereocenters. The molecule has 0 saturated heterocycles. The number of aromatic nitrogens is 2. The Hall–Kier alpha value is -2.92. The monoisotopic (exact) mass is 530 g/mol. The first-order valence-corrected chi connectivity index (χ1v) is 13.8. The predicted octanol–water partition coefficient (Wildman–Crippen LogP) is 3.86. The van der Waals surface area contributed by atoms with Crippen LogP contribution in [0.5, 0.6) is 5.75 Å². The van der Waals surface area contributed by atoms with Crippen molar-refractivity contribution >= 4 is 48.9 Å². The second kappa shape index (κ2) is 8.94. The lowest BCUT2D eigenvalue weighted by molar-refractivity contribution is 0.159. The molecule has 0 fully saturated rings. The van der Waals surface area contributed by atoms with Gasteiger partial charge in [0.1, 0.15) is 22.9 Å². The van der Waals surface area contributed by atoms with Gasteiger partial charge in [0.05, 0.1) is 29.7 Å². The summed E-state index contributed by atoms with van der Waals surface area (Å²) in [6.45, 7) is 0.761. The van der Waals surface area contributed by atoms with Gasteiger partial charge in [-0.05, 0) is 56.1 Å². The molecule has 1 unspecified atom stereocenters. The van der Waals surface area contributed by atoms with Crippen molar-refractivity contribution in [2.75, 3.05) is 37.7 Å². The van der Waals surface area contributed by atoms with E-state index in [-0.39, 0.29) is 18.2 Å². The molecule has 1 aliphatic heterocycles. The number of thiophene rings is 1. The number of fused-ring (bicyclic) bond motifs is 2. The highest BCUT2D eigenvalue weighted by molar-refractivity contribution is 7.92. The molecule has 35 heavy (non-hydrogen) atoms. The molecule has 8 nitrogen and oxygen atoms in total. The van der Waals surface area contributed by atoms with Crippen LogP contribution in [-0.4, -0.2) is 62.4 Å². The van der Waals surface area contributed by atoms with Crippen molar-refractivity contribution in [3.63, 3.8) is 0 Å². The first-order valence-electron chi connectivity index (χ1n) is 10.8. The number of rotatable bonds is 5. The molecule has 2 aromatic heterocycles. The zero-order valence-electron chi connectivity index (χ0n) is 19.3. The number of benzene rings is 2. The fraction of sp³-hybridized carbons (Fsp3) is 0.250. The van der Waals surface area contributed by atoms with E-state index in [1.807, 2.05) is 37.2 Å². The lowest BCUT2D eigenvalue weighted by Gasteiger charge is -2.36. The number of hydrogen-bond donors (Lipinski definition) is 0. The van der Waals surface area contributed by atoms with Crippen LogP contribution in [0.4, 0.5) is 5.69 Å². The van der Waals surface area contributed by atoms with Crippen molar-refractivity contribution in [3.8, 4) is 21.9 Å². The van der Waals surface area contributed by atoms with Gasteiger partial charge in [-0.1, -0.05) is 23.7 Å². The summed E-state index contributed by atoms with van der Waals surface area (Å²) >= 11 is 7.35. The van der Waals surface area contributed by atoms with Gasteiger partial charge >= 0.3 is 0 Å². The number of ether oxygens (including phenoxy) is 1. The van der Waals surface area contributed by atoms with Crippen LogP contribution in [0.2, 0.25) is 5.02 Å². The van der Waals surface area contributed by atoms with Gasteiger partial charge in [0.25, 0.3) is 5.56 Å². The number of anilines is 1. The molecule has 3 heterocycles. The third-order valence-electron chi connectivity index (χ3n) is 5.69. The Morgan fingerprint density at radius 3 is 2.60 bits per heavy atom. The molecule has 1 aliphatic rings. The Bertz CT molecular complexity index is 1580. The van der Waals surface area contributed by atoms with Gasteiger partial charge < -0.3 is 9.64 Å². The highest BCUT2D eigenvalue weighted by Crippen LogP contribution is 2.37. The molecular weight excluding hydrogens is 508 g/mol. The normalized spacial score (nSPS) is 15.9. The van der Waals surface area contributed by atoms with Crippen molar-refractivity contribution < 1.29 is 13.2 Å². The summed E-state index contributed by atoms with van der Waals surface area (Å²) < 4.78 is 34.5. The maximum Gasteiger partial charge on any atom is 0.275 e. The lowest BCUT2D eigenvalue weighted by atomic mass is 10.2. The van der Waals surface area contributed by atoms with Crippen molar-refractivity contribution in [3.05, 3.63) is 70.2 Å². The summed E-state index contributed by atoms with van der Waals surface area (Å²) in [5, 5.41) is 0.642. The van der Waals surface area contributed by atoms with Crippen LogP contribution in [0.3, 0.4) is 0 Å². The largest absolute Gasteiger partial charge is 0.485 e. The molecule has 4 aromatic rings. The third-order valence-corrected chi connectivity index (χ3v) is 8.25. The zero-order valence-corrected chi connectivity index (χ0v) is 21.7. The molecule has 0 spiro atoms. The topological polar surface area (TPSA) is 84.7 Å². The van der Waals surface area contributed by atoms with E-state index >= 15 is 0 Å². The molecule has 0 aliphatic carbocycles. The summed E-state index contributed by atoms with van der Waals surface area (Å²) in [6, 6.07) is 14.4. The minimum atomic E-state index is -3.56. The fourth-order valence-electron chi connectivity index (χ4n) is 4.12. The van der Waals surface area contributed by atoms with E-state index in [0.717, 1.165) is 10.4 Å². The zero-order chi connectivity index (χ0) is 24.9. The predicted molar refractivity (Wildman–Crippen MR) is 141 cm³/mol. The van der Waals surface area contributed by atoms with Gasteiger partial charge in [-0.3, -0.25) is 13.7 Å². The molecule has 5 rings (SSSR count). The van der Waals surface area contributed by atoms with E-state index in [1.165, 1.54) is 32.8 Å². The van der Waals surface area contributed by atoms with Gasteiger partial charge in [0, 0.05) is 16.4 Å². The average Bonchev–Trinajstić information content (AvgIpc) is 3.23. The Kier molecular flexibility index (Phi) is 6.08. The van der Waals surface area contributed by atoms with Crippen molar-refractivity contribution in [2.24, 2.45) is 0 Å². The third kappa shape index (κ3) is 4.66. The quantitative estimate of drug-likeness (QED) is 0.389. The van der Waals surface area contributed by atoms with E-state index in [4.69, 9.17) is 16.3 Å². The summed E-state index contributed by atoms with van der Waals surface area (Å²) in [5.41, 5.74) is 2.23. The number of nitrogens with zero attached hydrogens (tertiary/aromatic N) is 4. The standard InChI is InChI=1S/C24H23ClN4O4S2/c1-27(2)12-18-13-29(35(3,31)32)20-10-17(8-9-21(20)33-18)28-14-26-19-11-22(34-23(19)24(28)30)15-4-6-16(25)7-5-15/h4-11,14,18H,12-13H2,1-3H3. The first-order chi connectivity index (χ1) is 16.6. The minimum Gasteiger partial charge on any atom is -0.485 e. The maximum absolute atomic E-state index is 13.4. The van der Waals surface area contributed by atoms with E-state index in [9.17, 15) is 13.2 Å². The maximum atomic E-state index is 13.4. The Labute approximate surface area is 212 Å². The summed E-state index contributed by atoms with van der Waals surface area (Å²) in [7, 11) is 0.258. The Morgan fingerprint density at radius 2 is 1.91 bits per heavy atom. The molecule has 2 aromatic carbocycles. The fourth-order valence-corrected chi connectivity index (χ4v) is 6.23. The minimum absolute atomic E-state index is 0.190. The van der Waals surface area contributed by atoms with Crippen LogP contribution >= 0.6 is 22.9 Å². The van der Waals surface area contributed by atoms with Crippen molar-refractivity contribution in [1.82, 2.24) is 14.5 Å². The van der Waals surface area contributed by atoms with Crippen molar-refractivity contribution in [2.45, 2.75) is 6.10 Å². The summed E-state index contributed by atoms with van der Waals surface area (Å²) in [6.07, 6.45) is 2.33. The van der Waals surface area contributed by atoms with Crippen LogP contribution < -0.4 is 14.6 Å². The van der Waals surface area contributed by atoms with Crippen LogP contribution in [0.25, 0.3) is 26.3 Å². The molecule has 11 heteroatoms. The highest BCUT2D eigenvalue weighted by Gasteiger charge is 2.32. The van der Waals surface area contributed by atoms with Gasteiger partial charge in [-0.2, -0.15) is 0 Å². The molecule has 0 N–H and O–H groups in total. The van der Waals surface area contributed by atoms with Crippen molar-refractivity contribution in [1.29, 1.82) is 0 Å². The highest BCUT2D eigenvalue weighted by atomic mass is 35.5. The molecule has 0 radical (unpaired) electrons. The molecule has 0 saturated carbocycles. The Balaban J connectivity index is 1.57. The second-order valence-electron chi connectivity index (χ2n) is 8.70. The number of likely N-dealkylation sites (N-methyl/N-ethyl adjacent to an activating group) is 1. The smallest absolute Gasteiger partial charge is 0.275 e. The molecule has 0 amide bonds. The van der Waals surface area contributed by atoms with Crippen LogP contribution in [0.1, 0.15) is 0 Å². The lowest BCUT2D eigenvalue weighted by Crippen LogP contribution is -2.47. The number of halogens is 1. The van der Waals surface area contributed by atoms with E-state index < -0.39 is 10.0 Å². The van der Waals surface area contributed by atoms with Gasteiger partial charge in [0.2, 0.25) is 10.0 Å².